The molecule has 41 atom stereocenters. The van der Waals surface area contributed by atoms with Crippen molar-refractivity contribution in [3.63, 3.8) is 0 Å². The second-order valence-corrected chi connectivity index (χ2v) is 58.0. The summed E-state index contributed by atoms with van der Waals surface area (Å²) in [6, 6.07) is 1.32. The zero-order valence-corrected chi connectivity index (χ0v) is 97.0. The van der Waals surface area contributed by atoms with Gasteiger partial charge in [-0.15, -0.1) is 12.4 Å². The quantitative estimate of drug-likeness (QED) is 0.0487. The van der Waals surface area contributed by atoms with Gasteiger partial charge in [-0.1, -0.05) is 88.2 Å². The van der Waals surface area contributed by atoms with E-state index in [4.69, 9.17) is 15.0 Å². The van der Waals surface area contributed by atoms with Crippen molar-refractivity contribution in [3.8, 4) is 0 Å². The number of aromatic nitrogens is 1. The number of fused-ring (bicyclic) bond motifs is 25. The molecule has 20 aliphatic rings. The van der Waals surface area contributed by atoms with Crippen molar-refractivity contribution in [2.75, 3.05) is 19.8 Å². The van der Waals surface area contributed by atoms with Crippen LogP contribution in [0.1, 0.15) is 431 Å². The van der Waals surface area contributed by atoms with Crippen LogP contribution in [0.15, 0.2) is 10.6 Å². The molecule has 20 saturated carbocycles. The zero-order chi connectivity index (χ0) is 99.8. The van der Waals surface area contributed by atoms with E-state index in [2.05, 4.69) is 85.8 Å². The summed E-state index contributed by atoms with van der Waals surface area (Å²) in [5, 5.41) is 76.2. The third kappa shape index (κ3) is 21.3. The van der Waals surface area contributed by atoms with Crippen LogP contribution in [0, 0.1) is 202 Å². The molecule has 9 N–H and O–H groups in total. The summed E-state index contributed by atoms with van der Waals surface area (Å²) in [6.45, 7) is 39.0. The number of nitrogens with two attached hydrogens (primary N) is 1. The summed E-state index contributed by atoms with van der Waals surface area (Å²) in [4.78, 5) is 84.2. The minimum Gasteiger partial charge on any atom is -0.790 e. The van der Waals surface area contributed by atoms with E-state index in [0.29, 0.717) is 121 Å². The van der Waals surface area contributed by atoms with Crippen LogP contribution in [0.25, 0.3) is 0 Å². The summed E-state index contributed by atoms with van der Waals surface area (Å²) in [6.07, 6.45) is 50.6. The summed E-state index contributed by atoms with van der Waals surface area (Å²) >= 11 is 0. The maximum atomic E-state index is 13.2. The molecule has 141 heavy (non-hydrogen) atoms. The van der Waals surface area contributed by atoms with E-state index >= 15 is 0 Å². The normalized spacial score (nSPS) is 50.4. The van der Waals surface area contributed by atoms with Crippen molar-refractivity contribution in [2.45, 2.75) is 460 Å². The van der Waals surface area contributed by atoms with Gasteiger partial charge in [0.2, 0.25) is 0 Å². The van der Waals surface area contributed by atoms with Crippen molar-refractivity contribution in [3.05, 3.63) is 17.5 Å². The van der Waals surface area contributed by atoms with E-state index < -0.39 is 54.4 Å². The predicted molar refractivity (Wildman–Crippen MR) is 538 cm³/mol. The molecular formula is C117H190ClN2Na2O18P. The Bertz CT molecular complexity index is 4630. The first-order chi connectivity index (χ1) is 64.4. The number of phosphoric ester groups is 1. The van der Waals surface area contributed by atoms with E-state index in [1.54, 1.807) is 0 Å². The van der Waals surface area contributed by atoms with Gasteiger partial charge in [-0.25, -0.2) is 0 Å². The molecule has 24 heteroatoms. The molecule has 1 aromatic heterocycles. The number of hydrogen-bond acceptors (Lipinski definition) is 20. The molecule has 1 heterocycles. The number of esters is 1. The van der Waals surface area contributed by atoms with Crippen molar-refractivity contribution < 1.29 is 147 Å². The van der Waals surface area contributed by atoms with E-state index in [0.717, 1.165) is 214 Å². The molecule has 0 bridgehead atoms. The van der Waals surface area contributed by atoms with Crippen molar-refractivity contribution in [2.24, 2.45) is 208 Å². The monoisotopic (exact) mass is 2020 g/mol. The van der Waals surface area contributed by atoms with Gasteiger partial charge in [-0.2, -0.15) is 0 Å². The SMILES string of the molecule is CC(=O)[C@H]1CC[C@H]2[C@@H]3CCC4C[C@](C)(O)CC[C@]4(C)C3CC[C@]12C.CC(C)C(N)C(=O)OCC(=O)[C@H]1CC[C@H]2[C@@H]3CCC4C[C@](C)(O)CC[C@]4(C)C3CC[C@]12C.C[C@@]1(O)CC[C@@]2(C)C(CC[C@@H]3C2CC[C@]2(C)[C@@H](C(=O)CO)CC[C@@H]32)C1.C[C@@]1(O)CC[C@@]2(C)C(CC[C@@H]3C2CC[C@]2(C)[C@@H](C(=O)COP(=O)([O-])[O-])CC[C@@H]32)C1.C[C@@]1(O)CC[C@@]2(C)C(CC[C@@H]3C2CC[C@]2(C)[C@@H](c4cc(CO)on4)CC[C@@H]32)C1.Cl.[Na+].[Na+]. The van der Waals surface area contributed by atoms with Crippen LogP contribution in [0.4, 0.5) is 0 Å². The van der Waals surface area contributed by atoms with Gasteiger partial charge < -0.3 is 69.6 Å². The molecular weight excluding hydrogens is 1830 g/mol. The number of carbonyl (C=O) groups is 5. The second kappa shape index (κ2) is 42.3. The Kier molecular flexibility index (Phi) is 34.8. The number of ether oxygens (including phenoxy) is 1. The molecule has 1 aromatic rings. The molecule has 20 fully saturated rings. The fourth-order valence-corrected chi connectivity index (χ4v) is 41.7. The number of phosphoric acid groups is 1. The Hall–Kier alpha value is -0.560. The molecule has 0 saturated heterocycles. The van der Waals surface area contributed by atoms with Gasteiger partial charge in [0.25, 0.3) is 0 Å². The Morgan fingerprint density at radius 1 is 0.383 bits per heavy atom. The first-order valence-electron chi connectivity index (χ1n) is 56.9. The average Bonchev–Trinajstić information content (AvgIpc) is 1.64. The molecule has 20 aliphatic carbocycles. The van der Waals surface area contributed by atoms with E-state index in [1.807, 2.05) is 54.5 Å². The third-order valence-corrected chi connectivity index (χ3v) is 49.8. The molecule has 0 aromatic carbocycles. The summed E-state index contributed by atoms with van der Waals surface area (Å²) in [7, 11) is -5.12. The molecule has 20 nitrogen and oxygen atoms in total. The number of aliphatic hydroxyl groups excluding tert-OH is 2. The predicted octanol–water partition coefficient (Wildman–Crippen LogP) is 15.7. The number of Topliss-reactive ketones (excluding diaryl/α,β-unsaturated/α-hetero) is 4. The third-order valence-electron chi connectivity index (χ3n) is 49.4. The van der Waals surface area contributed by atoms with Crippen molar-refractivity contribution >= 4 is 49.3 Å². The van der Waals surface area contributed by atoms with Crippen molar-refractivity contribution in [1.29, 1.82) is 0 Å². The van der Waals surface area contributed by atoms with E-state index in [9.17, 15) is 74.1 Å². The molecule has 0 spiro atoms. The number of halogens is 1. The summed E-state index contributed by atoms with van der Waals surface area (Å²) in [5.74, 6) is 15.2. The molecule has 11 unspecified atom stereocenters. The van der Waals surface area contributed by atoms with Gasteiger partial charge in [0.15, 0.2) is 23.1 Å². The van der Waals surface area contributed by atoms with Gasteiger partial charge in [0, 0.05) is 35.7 Å². The number of ketones is 4. The van der Waals surface area contributed by atoms with Gasteiger partial charge in [-0.3, -0.25) is 24.0 Å². The first-order valence-corrected chi connectivity index (χ1v) is 58.3. The standard InChI is InChI=1S/C27H45NO4.C24H37NO3.C22H37O6P.C22H36O3.C22H36O2.ClH.2Na/c1-16(2)23(28)24(30)32-15-22(29)21-9-8-19-18-7-6-17-14-25(3,31)12-13-26(17,4)20(18)10-11-27(19,21)5;1-22(27)10-11-23(2)15(13-22)4-5-17-18-6-7-20(21-12-16(14-26)28-25-21)24(18,3)9-8-19(17)23;1-20(24)10-11-21(2)14(12-20)4-5-15-16-6-7-18(19(23)13-28-29(25,26)27)22(16,3)9-8-17(15)21;1-20(25)10-11-21(2)14(12-20)4-5-15-16-6-7-18(19(24)13-23)22(16,3)9-8-17(15)21;1-14(23)17-7-8-18-16-6-5-15-13-20(2,24)11-12-21(15,3)19(16)9-10-22(17,18)4;;;/h16-21,23,31H,6-15,28H2,1-5H3;12,15,17-20,26-27H,4-11,13-14H2,1-3H3;14-18,24H,4-13H2,1-3H3,(H2,25,26,27);14-18,23,25H,4-13H2,1-3H3;15-19,24H,5-13H2,1-4H3;1H;;/q;;;;;;2*+1/p-2/t17?,18-,19-,20?,21+,23?,25+,26-,27-;15?,17-,18-,19?,20+,22+,23-,24-;2*14?,15-,16-,17?,18+,20+,21-,22-;15?,16-,17+,18-,19?,20+,21-,22+;;;/m00000.../s1. The number of aliphatic hydroxyl groups is 7. The smallest absolute Gasteiger partial charge is 0.790 e. The van der Waals surface area contributed by atoms with Crippen LogP contribution in [-0.4, -0.2) is 124 Å². The molecule has 0 aliphatic heterocycles. The van der Waals surface area contributed by atoms with Crippen LogP contribution < -0.4 is 74.6 Å². The van der Waals surface area contributed by atoms with Crippen LogP contribution in [0.2, 0.25) is 0 Å². The molecule has 0 radical (unpaired) electrons. The molecule has 790 valence electrons. The van der Waals surface area contributed by atoms with Gasteiger partial charge in [0.05, 0.1) is 41.5 Å². The van der Waals surface area contributed by atoms with Gasteiger partial charge in [-0.05, 0) is 509 Å². The Morgan fingerprint density at radius 3 is 0.936 bits per heavy atom. The minimum absolute atomic E-state index is 0. The topological polar surface area (TPSA) is 361 Å². The Labute approximate surface area is 899 Å². The molecule has 21 rings (SSSR count). The maximum Gasteiger partial charge on any atom is 1.00 e. The Balaban J connectivity index is 0.000000140. The van der Waals surface area contributed by atoms with E-state index in [1.165, 1.54) is 128 Å². The summed E-state index contributed by atoms with van der Waals surface area (Å²) < 4.78 is 25.8. The van der Waals surface area contributed by atoms with Crippen LogP contribution >= 0.6 is 20.2 Å². The Morgan fingerprint density at radius 2 is 0.652 bits per heavy atom. The number of carbonyl (C=O) groups excluding carboxylic acids is 5. The second-order valence-electron chi connectivity index (χ2n) is 56.8. The fourth-order valence-electron chi connectivity index (χ4n) is 41.4. The number of rotatable bonds is 14. The maximum absolute atomic E-state index is 13.2. The largest absolute Gasteiger partial charge is 1.00 e. The van der Waals surface area contributed by atoms with Gasteiger partial charge >= 0.3 is 65.1 Å². The van der Waals surface area contributed by atoms with E-state index in [-0.39, 0.29) is 159 Å². The minimum atomic E-state index is -5.12. The number of nitrogens with zero attached hydrogens (tertiary/aromatic N) is 1. The molecule has 0 amide bonds. The van der Waals surface area contributed by atoms with Crippen LogP contribution in [0.5, 0.6) is 0 Å². The van der Waals surface area contributed by atoms with Gasteiger partial charge in [0.1, 0.15) is 38.3 Å². The number of hydrogen-bond donors (Lipinski definition) is 8. The average molecular weight is 2030 g/mol. The van der Waals surface area contributed by atoms with Crippen LogP contribution in [-0.2, 0) is 44.4 Å². The van der Waals surface area contributed by atoms with Crippen molar-refractivity contribution in [1.82, 2.24) is 5.16 Å². The van der Waals surface area contributed by atoms with Crippen LogP contribution in [0.3, 0.4) is 0 Å². The summed E-state index contributed by atoms with van der Waals surface area (Å²) in [5.41, 5.74) is 7.01. The zero-order valence-electron chi connectivity index (χ0n) is 91.3. The first kappa shape index (κ1) is 116. The fraction of sp³-hybridized carbons (Fsp3) is 0.932.